The van der Waals surface area contributed by atoms with Crippen molar-refractivity contribution in [1.29, 1.82) is 0 Å². The number of carboxylic acids is 1. The topological polar surface area (TPSA) is 99.3 Å². The van der Waals surface area contributed by atoms with Crippen molar-refractivity contribution in [2.45, 2.75) is 0 Å². The minimum atomic E-state index is -1.11. The van der Waals surface area contributed by atoms with Crippen LogP contribution in [0.15, 0.2) is 45.7 Å². The van der Waals surface area contributed by atoms with Crippen LogP contribution in [0.2, 0.25) is 0 Å². The molecule has 20 heavy (non-hydrogen) atoms. The van der Waals surface area contributed by atoms with Crippen molar-refractivity contribution >= 4 is 33.5 Å². The molecule has 0 saturated carbocycles. The summed E-state index contributed by atoms with van der Waals surface area (Å²) in [6.45, 7) is 0. The van der Waals surface area contributed by atoms with Crippen molar-refractivity contribution in [2.24, 2.45) is 0 Å². The summed E-state index contributed by atoms with van der Waals surface area (Å²) in [5, 5.41) is 11.5. The molecule has 102 valence electrons. The van der Waals surface area contributed by atoms with E-state index < -0.39 is 11.9 Å². The monoisotopic (exact) mass is 336 g/mol. The standard InChI is InChI=1S/C13H9BrN2O4/c14-9-5-4-7(6-8(9)13(19)20)15-12(18)10-2-1-3-11(17)16-10/h1-6H,(H,15,18)(H,16,17)(H,19,20). The van der Waals surface area contributed by atoms with Gasteiger partial charge in [-0.25, -0.2) is 4.79 Å². The molecule has 0 aliphatic heterocycles. The lowest BCUT2D eigenvalue weighted by atomic mass is 10.2. The molecule has 7 heteroatoms. The van der Waals surface area contributed by atoms with Crippen LogP contribution in [-0.2, 0) is 0 Å². The molecule has 0 unspecified atom stereocenters. The number of halogens is 1. The molecule has 0 aliphatic rings. The molecule has 1 heterocycles. The lowest BCUT2D eigenvalue weighted by Crippen LogP contribution is -2.18. The molecular formula is C13H9BrN2O4. The second-order valence-electron chi connectivity index (χ2n) is 3.88. The number of carboxylic acid groups (broad SMARTS) is 1. The molecule has 0 bridgehead atoms. The smallest absolute Gasteiger partial charge is 0.336 e. The Morgan fingerprint density at radius 2 is 1.95 bits per heavy atom. The van der Waals surface area contributed by atoms with Crippen molar-refractivity contribution in [1.82, 2.24) is 4.98 Å². The van der Waals surface area contributed by atoms with Gasteiger partial charge in [0.15, 0.2) is 0 Å². The Morgan fingerprint density at radius 3 is 2.60 bits per heavy atom. The number of hydrogen-bond donors (Lipinski definition) is 3. The van der Waals surface area contributed by atoms with Crippen molar-refractivity contribution in [3.8, 4) is 0 Å². The molecule has 0 atom stereocenters. The average Bonchev–Trinajstić information content (AvgIpc) is 2.40. The highest BCUT2D eigenvalue weighted by atomic mass is 79.9. The highest BCUT2D eigenvalue weighted by Gasteiger charge is 2.11. The zero-order valence-corrected chi connectivity index (χ0v) is 11.6. The summed E-state index contributed by atoms with van der Waals surface area (Å²) < 4.78 is 0.413. The van der Waals surface area contributed by atoms with E-state index in [9.17, 15) is 14.4 Å². The summed E-state index contributed by atoms with van der Waals surface area (Å²) >= 11 is 3.11. The van der Waals surface area contributed by atoms with Crippen LogP contribution in [0.3, 0.4) is 0 Å². The summed E-state index contributed by atoms with van der Waals surface area (Å²) in [6.07, 6.45) is 0. The number of hydrogen-bond acceptors (Lipinski definition) is 3. The Balaban J connectivity index is 2.26. The van der Waals surface area contributed by atoms with E-state index in [4.69, 9.17) is 5.11 Å². The number of pyridine rings is 1. The van der Waals surface area contributed by atoms with Crippen molar-refractivity contribution in [3.05, 3.63) is 62.5 Å². The molecule has 1 amide bonds. The molecule has 0 saturated heterocycles. The number of amides is 1. The van der Waals surface area contributed by atoms with E-state index in [1.807, 2.05) is 0 Å². The molecule has 1 aromatic carbocycles. The first kappa shape index (κ1) is 14.0. The number of benzene rings is 1. The fourth-order valence-electron chi connectivity index (χ4n) is 1.55. The highest BCUT2D eigenvalue weighted by Crippen LogP contribution is 2.21. The molecule has 0 radical (unpaired) electrons. The van der Waals surface area contributed by atoms with Gasteiger partial charge < -0.3 is 15.4 Å². The van der Waals surface area contributed by atoms with Crippen LogP contribution >= 0.6 is 15.9 Å². The number of carbonyl (C=O) groups is 2. The fourth-order valence-corrected chi connectivity index (χ4v) is 1.96. The maximum atomic E-state index is 11.9. The lowest BCUT2D eigenvalue weighted by molar-refractivity contribution is 0.0695. The predicted octanol–water partition coefficient (Wildman–Crippen LogP) is 2.09. The Bertz CT molecular complexity index is 739. The number of anilines is 1. The number of carbonyl (C=O) groups excluding carboxylic acids is 1. The van der Waals surface area contributed by atoms with Gasteiger partial charge >= 0.3 is 5.97 Å². The van der Waals surface area contributed by atoms with Gasteiger partial charge in [-0.05, 0) is 40.2 Å². The minimum absolute atomic E-state index is 0.0318. The van der Waals surface area contributed by atoms with Crippen molar-refractivity contribution in [2.75, 3.05) is 5.32 Å². The van der Waals surface area contributed by atoms with E-state index >= 15 is 0 Å². The van der Waals surface area contributed by atoms with Crippen LogP contribution in [0.1, 0.15) is 20.8 Å². The summed E-state index contributed by atoms with van der Waals surface area (Å²) in [7, 11) is 0. The van der Waals surface area contributed by atoms with E-state index in [2.05, 4.69) is 26.2 Å². The maximum Gasteiger partial charge on any atom is 0.336 e. The third-order valence-corrected chi connectivity index (χ3v) is 3.16. The second-order valence-corrected chi connectivity index (χ2v) is 4.74. The molecule has 0 fully saturated rings. The first-order valence-electron chi connectivity index (χ1n) is 5.51. The second kappa shape index (κ2) is 5.70. The van der Waals surface area contributed by atoms with Crippen LogP contribution < -0.4 is 10.9 Å². The highest BCUT2D eigenvalue weighted by molar-refractivity contribution is 9.10. The van der Waals surface area contributed by atoms with E-state index in [1.54, 1.807) is 6.07 Å². The lowest BCUT2D eigenvalue weighted by Gasteiger charge is -2.07. The molecule has 0 spiro atoms. The number of aromatic nitrogens is 1. The van der Waals surface area contributed by atoms with Gasteiger partial charge in [0.05, 0.1) is 5.56 Å². The van der Waals surface area contributed by atoms with Crippen LogP contribution in [-0.4, -0.2) is 22.0 Å². The number of aromatic amines is 1. The number of nitrogens with one attached hydrogen (secondary N) is 2. The summed E-state index contributed by atoms with van der Waals surface area (Å²) in [4.78, 5) is 36.4. The van der Waals surface area contributed by atoms with Crippen LogP contribution in [0.5, 0.6) is 0 Å². The predicted molar refractivity (Wildman–Crippen MR) is 76.1 cm³/mol. The Labute approximate surface area is 121 Å². The molecule has 2 rings (SSSR count). The van der Waals surface area contributed by atoms with Gasteiger partial charge in [-0.15, -0.1) is 0 Å². The summed E-state index contributed by atoms with van der Waals surface area (Å²) in [5.41, 5.74) is 0.0571. The third kappa shape index (κ3) is 3.12. The molecule has 1 aromatic heterocycles. The van der Waals surface area contributed by atoms with E-state index in [-0.39, 0.29) is 16.8 Å². The third-order valence-electron chi connectivity index (χ3n) is 2.47. The molecule has 6 nitrogen and oxygen atoms in total. The van der Waals surface area contributed by atoms with Crippen LogP contribution in [0.25, 0.3) is 0 Å². The first-order chi connectivity index (χ1) is 9.47. The average molecular weight is 337 g/mol. The van der Waals surface area contributed by atoms with E-state index in [1.165, 1.54) is 30.3 Å². The fraction of sp³-hybridized carbons (Fsp3) is 0. The summed E-state index contributed by atoms with van der Waals surface area (Å²) in [6, 6.07) is 8.60. The molecule has 0 aliphatic carbocycles. The number of rotatable bonds is 3. The van der Waals surface area contributed by atoms with Gasteiger partial charge in [-0.2, -0.15) is 0 Å². The van der Waals surface area contributed by atoms with Gasteiger partial charge in [0.1, 0.15) is 5.69 Å². The zero-order valence-electron chi connectivity index (χ0n) is 10.0. The van der Waals surface area contributed by atoms with Crippen molar-refractivity contribution in [3.63, 3.8) is 0 Å². The quantitative estimate of drug-likeness (QED) is 0.798. The van der Waals surface area contributed by atoms with Crippen LogP contribution in [0.4, 0.5) is 5.69 Å². The van der Waals surface area contributed by atoms with Gasteiger partial charge in [0, 0.05) is 16.2 Å². The number of H-pyrrole nitrogens is 1. The van der Waals surface area contributed by atoms with E-state index in [0.717, 1.165) is 0 Å². The van der Waals surface area contributed by atoms with E-state index in [0.29, 0.717) is 10.2 Å². The maximum absolute atomic E-state index is 11.9. The molecule has 2 aromatic rings. The molecular weight excluding hydrogens is 328 g/mol. The van der Waals surface area contributed by atoms with Gasteiger partial charge in [0.25, 0.3) is 5.91 Å². The SMILES string of the molecule is O=C(Nc1ccc(Br)c(C(=O)O)c1)c1cccc(=O)[nH]1. The van der Waals surface area contributed by atoms with Gasteiger partial charge in [-0.1, -0.05) is 6.07 Å². The minimum Gasteiger partial charge on any atom is -0.478 e. The normalized spacial score (nSPS) is 10.1. The van der Waals surface area contributed by atoms with Crippen LogP contribution in [0, 0.1) is 0 Å². The zero-order chi connectivity index (χ0) is 14.7. The first-order valence-corrected chi connectivity index (χ1v) is 6.30. The summed E-state index contributed by atoms with van der Waals surface area (Å²) in [5.74, 6) is -1.64. The van der Waals surface area contributed by atoms with Gasteiger partial charge in [-0.3, -0.25) is 9.59 Å². The Hall–Kier alpha value is -2.41. The van der Waals surface area contributed by atoms with Gasteiger partial charge in [0.2, 0.25) is 5.56 Å². The Kier molecular flexibility index (Phi) is 3.99. The van der Waals surface area contributed by atoms with Crippen molar-refractivity contribution < 1.29 is 14.7 Å². The molecule has 3 N–H and O–H groups in total. The Morgan fingerprint density at radius 1 is 1.20 bits per heavy atom. The number of aromatic carboxylic acids is 1. The largest absolute Gasteiger partial charge is 0.478 e.